The summed E-state index contributed by atoms with van der Waals surface area (Å²) in [5.41, 5.74) is 1.98. The quantitative estimate of drug-likeness (QED) is 0.388. The van der Waals surface area contributed by atoms with Gasteiger partial charge in [-0.3, -0.25) is 14.2 Å². The van der Waals surface area contributed by atoms with Crippen molar-refractivity contribution in [3.05, 3.63) is 57.0 Å². The molecule has 0 aliphatic rings. The molecule has 0 aliphatic carbocycles. The second-order valence-corrected chi connectivity index (χ2v) is 8.28. The van der Waals surface area contributed by atoms with Crippen LogP contribution in [0.3, 0.4) is 0 Å². The molecule has 9 heteroatoms. The third kappa shape index (κ3) is 4.89. The number of hydrogen-bond acceptors (Lipinski definition) is 7. The van der Waals surface area contributed by atoms with Crippen molar-refractivity contribution in [2.75, 3.05) is 25.6 Å². The molecule has 0 radical (unpaired) electrons. The maximum absolute atomic E-state index is 13.3. The lowest BCUT2D eigenvalue weighted by Crippen LogP contribution is -2.33. The van der Waals surface area contributed by atoms with E-state index in [9.17, 15) is 14.4 Å². The molecule has 1 amide bonds. The number of anilines is 1. The fourth-order valence-electron chi connectivity index (χ4n) is 3.39. The normalized spacial score (nSPS) is 12.0. The third-order valence-electron chi connectivity index (χ3n) is 5.24. The monoisotopic (exact) mass is 457 g/mol. The van der Waals surface area contributed by atoms with Crippen LogP contribution in [0.4, 0.5) is 5.69 Å². The highest BCUT2D eigenvalue weighted by Crippen LogP contribution is 2.28. The Labute approximate surface area is 190 Å². The Hall–Kier alpha value is -3.04. The van der Waals surface area contributed by atoms with E-state index >= 15 is 0 Å². The molecule has 2 aromatic heterocycles. The van der Waals surface area contributed by atoms with Gasteiger partial charge in [0.25, 0.3) is 5.56 Å². The van der Waals surface area contributed by atoms with E-state index in [1.165, 1.54) is 23.6 Å². The number of aromatic nitrogens is 2. The summed E-state index contributed by atoms with van der Waals surface area (Å²) in [5.74, 6) is -0.819. The van der Waals surface area contributed by atoms with Crippen LogP contribution in [-0.4, -0.2) is 41.8 Å². The zero-order chi connectivity index (χ0) is 23.3. The first-order valence-corrected chi connectivity index (χ1v) is 11.3. The van der Waals surface area contributed by atoms with Crippen molar-refractivity contribution in [1.29, 1.82) is 0 Å². The Bertz CT molecular complexity index is 1170. The van der Waals surface area contributed by atoms with Crippen molar-refractivity contribution in [2.24, 2.45) is 0 Å². The van der Waals surface area contributed by atoms with Crippen molar-refractivity contribution in [2.45, 2.75) is 39.7 Å². The zero-order valence-corrected chi connectivity index (χ0v) is 19.5. The Morgan fingerprint density at radius 3 is 2.53 bits per heavy atom. The molecule has 32 heavy (non-hydrogen) atoms. The second-order valence-electron chi connectivity index (χ2n) is 7.29. The Morgan fingerprint density at radius 1 is 1.19 bits per heavy atom. The third-order valence-corrected chi connectivity index (χ3v) is 6.42. The van der Waals surface area contributed by atoms with Crippen LogP contribution in [0.15, 0.2) is 35.4 Å². The number of thiophene rings is 1. The highest BCUT2D eigenvalue weighted by Gasteiger charge is 2.25. The summed E-state index contributed by atoms with van der Waals surface area (Å²) in [6.07, 6.45) is 2.68. The van der Waals surface area contributed by atoms with Gasteiger partial charge in [0.2, 0.25) is 5.91 Å². The minimum atomic E-state index is -0.735. The largest absolute Gasteiger partial charge is 0.459 e. The molecule has 1 atom stereocenters. The van der Waals surface area contributed by atoms with Crippen LogP contribution in [0, 0.1) is 6.92 Å². The van der Waals surface area contributed by atoms with Crippen molar-refractivity contribution >= 4 is 39.1 Å². The SMILES string of the molecule is CCc1ccc(NC(=O)C(CC)n2cnc3sc(C(=O)OCCOC)c(C)c3c2=O)cc1. The van der Waals surface area contributed by atoms with Crippen LogP contribution in [-0.2, 0) is 20.7 Å². The van der Waals surface area contributed by atoms with Crippen LogP contribution in [0.25, 0.3) is 10.2 Å². The summed E-state index contributed by atoms with van der Waals surface area (Å²) >= 11 is 1.11. The standard InChI is InChI=1S/C23H27N3O5S/c1-5-15-7-9-16(10-8-15)25-20(27)17(6-2)26-13-24-21-18(22(26)28)14(3)19(32-21)23(29)31-12-11-30-4/h7-10,13,17H,5-6,11-12H2,1-4H3,(H,25,27). The highest BCUT2D eigenvalue weighted by atomic mass is 32.1. The number of nitrogens with one attached hydrogen (secondary N) is 1. The molecule has 170 valence electrons. The minimum absolute atomic E-state index is 0.123. The first-order chi connectivity index (χ1) is 15.4. The number of hydrogen-bond donors (Lipinski definition) is 1. The van der Waals surface area contributed by atoms with Gasteiger partial charge in [0.1, 0.15) is 22.4 Å². The number of carbonyl (C=O) groups is 2. The topological polar surface area (TPSA) is 99.5 Å². The first kappa shape index (κ1) is 23.6. The summed E-state index contributed by atoms with van der Waals surface area (Å²) in [7, 11) is 1.52. The number of esters is 1. The number of carbonyl (C=O) groups excluding carboxylic acids is 2. The summed E-state index contributed by atoms with van der Waals surface area (Å²) in [5, 5.41) is 3.20. The predicted octanol–water partition coefficient (Wildman–Crippen LogP) is 3.72. The summed E-state index contributed by atoms with van der Waals surface area (Å²) < 4.78 is 11.4. The molecular weight excluding hydrogens is 430 g/mol. The smallest absolute Gasteiger partial charge is 0.348 e. The molecule has 0 saturated carbocycles. The molecule has 0 aliphatic heterocycles. The molecular formula is C23H27N3O5S. The highest BCUT2D eigenvalue weighted by molar-refractivity contribution is 7.20. The fourth-order valence-corrected chi connectivity index (χ4v) is 4.43. The maximum Gasteiger partial charge on any atom is 0.348 e. The van der Waals surface area contributed by atoms with Gasteiger partial charge >= 0.3 is 5.97 Å². The number of aryl methyl sites for hydroxylation is 2. The van der Waals surface area contributed by atoms with Gasteiger partial charge in [-0.2, -0.15) is 0 Å². The fraction of sp³-hybridized carbons (Fsp3) is 0.391. The van der Waals surface area contributed by atoms with Gasteiger partial charge in [-0.05, 0) is 43.0 Å². The van der Waals surface area contributed by atoms with Gasteiger partial charge in [0.05, 0.1) is 18.3 Å². The summed E-state index contributed by atoms with van der Waals surface area (Å²) in [6, 6.07) is 6.87. The number of nitrogens with zero attached hydrogens (tertiary/aromatic N) is 2. The van der Waals surface area contributed by atoms with Gasteiger partial charge in [-0.15, -0.1) is 11.3 Å². The van der Waals surface area contributed by atoms with Gasteiger partial charge in [0, 0.05) is 12.8 Å². The van der Waals surface area contributed by atoms with E-state index in [1.807, 2.05) is 31.2 Å². The molecule has 3 aromatic rings. The molecule has 1 N–H and O–H groups in total. The molecule has 0 spiro atoms. The molecule has 8 nitrogen and oxygen atoms in total. The van der Waals surface area contributed by atoms with Gasteiger partial charge in [-0.25, -0.2) is 9.78 Å². The Morgan fingerprint density at radius 2 is 1.91 bits per heavy atom. The number of benzene rings is 1. The lowest BCUT2D eigenvalue weighted by Gasteiger charge is -2.17. The van der Waals surface area contributed by atoms with Crippen molar-refractivity contribution in [3.63, 3.8) is 0 Å². The van der Waals surface area contributed by atoms with Crippen LogP contribution < -0.4 is 10.9 Å². The van der Waals surface area contributed by atoms with Gasteiger partial charge in [-0.1, -0.05) is 26.0 Å². The van der Waals surface area contributed by atoms with Gasteiger partial charge < -0.3 is 14.8 Å². The summed E-state index contributed by atoms with van der Waals surface area (Å²) in [6.45, 7) is 6.00. The Kier molecular flexibility index (Phi) is 7.76. The molecule has 0 fully saturated rings. The van der Waals surface area contributed by atoms with Crippen molar-refractivity contribution < 1.29 is 19.1 Å². The molecule has 2 heterocycles. The molecule has 3 rings (SSSR count). The lowest BCUT2D eigenvalue weighted by atomic mass is 10.1. The number of rotatable bonds is 9. The maximum atomic E-state index is 13.3. The number of amides is 1. The number of methoxy groups -OCH3 is 1. The van der Waals surface area contributed by atoms with E-state index in [4.69, 9.17) is 9.47 Å². The Balaban J connectivity index is 1.90. The average Bonchev–Trinajstić information content (AvgIpc) is 3.13. The van der Waals surface area contributed by atoms with E-state index in [0.29, 0.717) is 32.8 Å². The lowest BCUT2D eigenvalue weighted by molar-refractivity contribution is -0.119. The number of fused-ring (bicyclic) bond motifs is 1. The van der Waals surface area contributed by atoms with E-state index < -0.39 is 12.0 Å². The second kappa shape index (κ2) is 10.5. The average molecular weight is 458 g/mol. The predicted molar refractivity (Wildman–Crippen MR) is 125 cm³/mol. The molecule has 0 saturated heterocycles. The van der Waals surface area contributed by atoms with E-state index in [0.717, 1.165) is 17.8 Å². The molecule has 1 unspecified atom stereocenters. The van der Waals surface area contributed by atoms with E-state index in [2.05, 4.69) is 17.2 Å². The van der Waals surface area contributed by atoms with Crippen LogP contribution in [0.5, 0.6) is 0 Å². The van der Waals surface area contributed by atoms with Crippen molar-refractivity contribution in [1.82, 2.24) is 9.55 Å². The molecule has 1 aromatic carbocycles. The van der Waals surface area contributed by atoms with Crippen LogP contribution in [0.1, 0.15) is 47.1 Å². The van der Waals surface area contributed by atoms with Crippen LogP contribution >= 0.6 is 11.3 Å². The van der Waals surface area contributed by atoms with E-state index in [1.54, 1.807) is 6.92 Å². The first-order valence-electron chi connectivity index (χ1n) is 10.5. The minimum Gasteiger partial charge on any atom is -0.459 e. The number of ether oxygens (including phenoxy) is 2. The van der Waals surface area contributed by atoms with Crippen molar-refractivity contribution in [3.8, 4) is 0 Å². The summed E-state index contributed by atoms with van der Waals surface area (Å²) in [4.78, 5) is 43.7. The molecule has 0 bridgehead atoms. The van der Waals surface area contributed by atoms with Crippen LogP contribution in [0.2, 0.25) is 0 Å². The van der Waals surface area contributed by atoms with E-state index in [-0.39, 0.29) is 24.7 Å². The zero-order valence-electron chi connectivity index (χ0n) is 18.6. The van der Waals surface area contributed by atoms with Gasteiger partial charge in [0.15, 0.2) is 0 Å².